The lowest BCUT2D eigenvalue weighted by atomic mass is 9.97. The van der Waals surface area contributed by atoms with E-state index in [0.717, 1.165) is 78.4 Å². The monoisotopic (exact) mass is 784 g/mol. The van der Waals surface area contributed by atoms with Crippen molar-refractivity contribution < 1.29 is 8.78 Å². The fourth-order valence-corrected chi connectivity index (χ4v) is 7.73. The van der Waals surface area contributed by atoms with E-state index in [1.807, 2.05) is 60.7 Å². The number of aryl methyl sites for hydroxylation is 4. The molecule has 0 heterocycles. The minimum absolute atomic E-state index is 0.266. The predicted octanol–water partition coefficient (Wildman–Crippen LogP) is 15.3. The Kier molecular flexibility index (Phi) is 11.6. The normalized spacial score (nSPS) is 11.7. The van der Waals surface area contributed by atoms with Gasteiger partial charge in [0.15, 0.2) is 0 Å². The highest BCUT2D eigenvalue weighted by molar-refractivity contribution is 5.86. The van der Waals surface area contributed by atoms with Crippen molar-refractivity contribution in [2.75, 3.05) is 9.80 Å². The lowest BCUT2D eigenvalue weighted by Gasteiger charge is -2.26. The maximum atomic E-state index is 14.1. The molecule has 8 aromatic carbocycles. The summed E-state index contributed by atoms with van der Waals surface area (Å²) in [7, 11) is 0. The highest BCUT2D eigenvalue weighted by Gasteiger charge is 2.17. The second-order valence-electron chi connectivity index (χ2n) is 15.2. The van der Waals surface area contributed by atoms with Gasteiger partial charge in [-0.25, -0.2) is 8.78 Å². The van der Waals surface area contributed by atoms with Crippen molar-refractivity contribution in [2.24, 2.45) is 0 Å². The maximum absolute atomic E-state index is 14.1. The zero-order valence-corrected chi connectivity index (χ0v) is 34.3. The zero-order chi connectivity index (χ0) is 41.6. The molecule has 0 aromatic heterocycles. The van der Waals surface area contributed by atoms with Gasteiger partial charge in [0, 0.05) is 46.3 Å². The van der Waals surface area contributed by atoms with Crippen LogP contribution in [0.15, 0.2) is 207 Å². The molecule has 0 aliphatic rings. The molecule has 0 spiro atoms. The summed E-state index contributed by atoms with van der Waals surface area (Å²) < 4.78 is 28.3. The first-order chi connectivity index (χ1) is 29.2. The smallest absolute Gasteiger partial charge is 0.123 e. The van der Waals surface area contributed by atoms with E-state index in [4.69, 9.17) is 0 Å². The molecular formula is C56H46F2N2. The van der Waals surface area contributed by atoms with Gasteiger partial charge in [-0.05, 0) is 133 Å². The molecule has 0 bridgehead atoms. The molecule has 60 heavy (non-hydrogen) atoms. The third-order valence-corrected chi connectivity index (χ3v) is 10.8. The Bertz CT molecular complexity index is 2580. The summed E-state index contributed by atoms with van der Waals surface area (Å²) in [5.74, 6) is -0.533. The minimum Gasteiger partial charge on any atom is -0.316 e. The summed E-state index contributed by atoms with van der Waals surface area (Å²) in [6, 6.07) is 64.2. The Morgan fingerprint density at radius 1 is 0.367 bits per heavy atom. The molecule has 8 rings (SSSR count). The molecule has 8 aromatic rings. The molecule has 2 nitrogen and oxygen atoms in total. The third-order valence-electron chi connectivity index (χ3n) is 10.8. The number of rotatable bonds is 11. The van der Waals surface area contributed by atoms with E-state index in [1.54, 1.807) is 0 Å². The van der Waals surface area contributed by atoms with Gasteiger partial charge in [-0.2, -0.15) is 0 Å². The van der Waals surface area contributed by atoms with Gasteiger partial charge in [0.2, 0.25) is 0 Å². The number of hydrogen-bond acceptors (Lipinski definition) is 2. The fraction of sp³-hybridized carbons (Fsp3) is 0.0714. The Labute approximate surface area is 352 Å². The van der Waals surface area contributed by atoms with Crippen molar-refractivity contribution in [1.29, 1.82) is 0 Å². The molecule has 0 saturated carbocycles. The number of halogens is 2. The Morgan fingerprint density at radius 3 is 1.03 bits per heavy atom. The first-order valence-electron chi connectivity index (χ1n) is 20.2. The van der Waals surface area contributed by atoms with Crippen LogP contribution in [-0.2, 0) is 0 Å². The highest BCUT2D eigenvalue weighted by atomic mass is 19.1. The van der Waals surface area contributed by atoms with Gasteiger partial charge in [0.1, 0.15) is 11.6 Å². The second-order valence-corrected chi connectivity index (χ2v) is 15.2. The Hall–Kier alpha value is -7.30. The topological polar surface area (TPSA) is 6.48 Å². The minimum atomic E-state index is -0.266. The molecule has 0 fully saturated rings. The molecule has 0 amide bonds. The lowest BCUT2D eigenvalue weighted by molar-refractivity contribution is 0.627. The maximum Gasteiger partial charge on any atom is 0.123 e. The number of hydrogen-bond donors (Lipinski definition) is 0. The van der Waals surface area contributed by atoms with Gasteiger partial charge in [-0.15, -0.1) is 0 Å². The van der Waals surface area contributed by atoms with E-state index >= 15 is 0 Å². The standard InChI is InChI=1S/C56H46F2N2/c1-39-15-33-55(41(3)35-39)59(37-53(45-11-7-5-8-12-45)47-17-25-49(57)26-18-47)51-29-21-43(22-30-51)44-23-31-52(32-24-44)60(56-34-16-40(2)36-42(56)4)38-54(46-13-9-6-10-14-46)48-19-27-50(58)28-20-48/h5-38H,1-4H3/b53-37+,54-38+. The summed E-state index contributed by atoms with van der Waals surface area (Å²) in [4.78, 5) is 4.46. The second kappa shape index (κ2) is 17.7. The van der Waals surface area contributed by atoms with Crippen molar-refractivity contribution >= 4 is 33.9 Å². The molecule has 0 aliphatic heterocycles. The average molecular weight is 785 g/mol. The van der Waals surface area contributed by atoms with Crippen molar-refractivity contribution in [3.8, 4) is 11.1 Å². The molecule has 0 atom stereocenters. The molecule has 0 radical (unpaired) electrons. The van der Waals surface area contributed by atoms with Crippen LogP contribution in [0.4, 0.5) is 31.5 Å². The van der Waals surface area contributed by atoms with Crippen molar-refractivity contribution in [1.82, 2.24) is 0 Å². The molecule has 294 valence electrons. The highest BCUT2D eigenvalue weighted by Crippen LogP contribution is 2.37. The van der Waals surface area contributed by atoms with Crippen LogP contribution < -0.4 is 9.80 Å². The fourth-order valence-electron chi connectivity index (χ4n) is 7.73. The van der Waals surface area contributed by atoms with E-state index in [-0.39, 0.29) is 11.6 Å². The molecule has 4 heteroatoms. The number of anilines is 4. The van der Waals surface area contributed by atoms with Crippen LogP contribution in [0.1, 0.15) is 44.5 Å². The van der Waals surface area contributed by atoms with Gasteiger partial charge < -0.3 is 9.80 Å². The molecular weight excluding hydrogens is 739 g/mol. The molecule has 0 N–H and O–H groups in total. The first kappa shape index (κ1) is 39.5. The van der Waals surface area contributed by atoms with E-state index in [1.165, 1.54) is 35.4 Å². The van der Waals surface area contributed by atoms with Crippen LogP contribution >= 0.6 is 0 Å². The van der Waals surface area contributed by atoms with E-state index < -0.39 is 0 Å². The van der Waals surface area contributed by atoms with Gasteiger partial charge in [0.25, 0.3) is 0 Å². The van der Waals surface area contributed by atoms with E-state index in [2.05, 4.69) is 159 Å². The number of nitrogens with zero attached hydrogens (tertiary/aromatic N) is 2. The van der Waals surface area contributed by atoms with Crippen molar-refractivity contribution in [3.63, 3.8) is 0 Å². The van der Waals surface area contributed by atoms with Crippen LogP contribution in [0.5, 0.6) is 0 Å². The van der Waals surface area contributed by atoms with Crippen molar-refractivity contribution in [2.45, 2.75) is 27.7 Å². The van der Waals surface area contributed by atoms with Gasteiger partial charge in [0.05, 0.1) is 0 Å². The average Bonchev–Trinajstić information content (AvgIpc) is 3.27. The van der Waals surface area contributed by atoms with Crippen LogP contribution in [-0.4, -0.2) is 0 Å². The van der Waals surface area contributed by atoms with Crippen molar-refractivity contribution in [3.05, 3.63) is 263 Å². The van der Waals surface area contributed by atoms with Crippen LogP contribution in [0.25, 0.3) is 22.3 Å². The van der Waals surface area contributed by atoms with Crippen LogP contribution in [0.2, 0.25) is 0 Å². The number of benzene rings is 8. The Morgan fingerprint density at radius 2 is 0.700 bits per heavy atom. The lowest BCUT2D eigenvalue weighted by Crippen LogP contribution is -2.12. The summed E-state index contributed by atoms with van der Waals surface area (Å²) in [6.07, 6.45) is 4.32. The molecule has 0 aliphatic carbocycles. The quantitative estimate of drug-likeness (QED) is 0.129. The van der Waals surface area contributed by atoms with Gasteiger partial charge >= 0.3 is 0 Å². The predicted molar refractivity (Wildman–Crippen MR) is 248 cm³/mol. The largest absolute Gasteiger partial charge is 0.316 e. The van der Waals surface area contributed by atoms with Gasteiger partial charge in [-0.3, -0.25) is 0 Å². The first-order valence-corrected chi connectivity index (χ1v) is 20.2. The summed E-state index contributed by atoms with van der Waals surface area (Å²) in [5, 5.41) is 0. The van der Waals surface area contributed by atoms with Gasteiger partial charge in [-0.1, -0.05) is 145 Å². The third kappa shape index (κ3) is 8.89. The SMILES string of the molecule is Cc1ccc(N(/C=C(\c2ccccc2)c2ccc(F)cc2)c2ccc(-c3ccc(N(/C=C(\c4ccccc4)c4ccc(F)cc4)c4ccc(C)cc4C)cc3)cc2)c(C)c1. The summed E-state index contributed by atoms with van der Waals surface area (Å²) in [5.41, 5.74) is 16.8. The van der Waals surface area contributed by atoms with E-state index in [0.29, 0.717) is 0 Å². The summed E-state index contributed by atoms with van der Waals surface area (Å²) in [6.45, 7) is 8.49. The summed E-state index contributed by atoms with van der Waals surface area (Å²) >= 11 is 0. The zero-order valence-electron chi connectivity index (χ0n) is 34.3. The van der Waals surface area contributed by atoms with Crippen LogP contribution in [0, 0.1) is 39.3 Å². The Balaban J connectivity index is 1.18. The molecule has 0 saturated heterocycles. The molecule has 0 unspecified atom stereocenters. The van der Waals surface area contributed by atoms with E-state index in [9.17, 15) is 8.78 Å². The van der Waals surface area contributed by atoms with Crippen LogP contribution in [0.3, 0.4) is 0 Å².